The van der Waals surface area contributed by atoms with E-state index in [9.17, 15) is 18.0 Å². The Morgan fingerprint density at radius 3 is 2.06 bits per heavy atom. The average Bonchev–Trinajstić information content (AvgIpc) is 2.73. The van der Waals surface area contributed by atoms with Gasteiger partial charge in [0.1, 0.15) is 5.60 Å². The maximum atomic E-state index is 13.0. The van der Waals surface area contributed by atoms with E-state index in [1.54, 1.807) is 24.3 Å². The number of aryl methyl sites for hydroxylation is 1. The molecule has 0 atom stereocenters. The number of carbonyl (C=O) groups is 2. The fourth-order valence-electron chi connectivity index (χ4n) is 4.18. The van der Waals surface area contributed by atoms with Crippen LogP contribution >= 0.6 is 0 Å². The molecule has 2 aliphatic rings. The predicted octanol–water partition coefficient (Wildman–Crippen LogP) is 2.91. The number of hydrogen-bond acceptors (Lipinski definition) is 5. The van der Waals surface area contributed by atoms with Crippen LogP contribution in [0.5, 0.6) is 0 Å². The highest BCUT2D eigenvalue weighted by Crippen LogP contribution is 2.26. The summed E-state index contributed by atoms with van der Waals surface area (Å²) in [6.07, 6.45) is 2.00. The van der Waals surface area contributed by atoms with Crippen molar-refractivity contribution in [1.29, 1.82) is 0 Å². The first kappa shape index (κ1) is 24.5. The van der Waals surface area contributed by atoms with Crippen molar-refractivity contribution in [2.75, 3.05) is 26.2 Å². The van der Waals surface area contributed by atoms with E-state index >= 15 is 0 Å². The minimum atomic E-state index is -3.53. The van der Waals surface area contributed by atoms with Crippen molar-refractivity contribution < 1.29 is 22.7 Å². The Kier molecular flexibility index (Phi) is 7.50. The maximum Gasteiger partial charge on any atom is 0.407 e. The summed E-state index contributed by atoms with van der Waals surface area (Å²) in [6, 6.07) is 6.86. The smallest absolute Gasteiger partial charge is 0.407 e. The van der Waals surface area contributed by atoms with E-state index in [0.29, 0.717) is 56.8 Å². The van der Waals surface area contributed by atoms with Gasteiger partial charge in [0, 0.05) is 38.1 Å². The van der Waals surface area contributed by atoms with Gasteiger partial charge in [-0.05, 0) is 65.5 Å². The van der Waals surface area contributed by atoms with Gasteiger partial charge in [-0.15, -0.1) is 0 Å². The Morgan fingerprint density at radius 1 is 0.969 bits per heavy atom. The molecule has 2 aliphatic heterocycles. The maximum absolute atomic E-state index is 13.0. The molecule has 2 amide bonds. The van der Waals surface area contributed by atoms with Crippen LogP contribution in [0.3, 0.4) is 0 Å². The number of nitrogens with one attached hydrogen (secondary N) is 1. The van der Waals surface area contributed by atoms with Crippen molar-refractivity contribution in [2.24, 2.45) is 5.92 Å². The third-order valence-corrected chi connectivity index (χ3v) is 7.90. The van der Waals surface area contributed by atoms with Crippen LogP contribution in [0.15, 0.2) is 29.2 Å². The number of ether oxygens (including phenoxy) is 1. The second-order valence-corrected chi connectivity index (χ2v) is 11.7. The molecule has 1 aromatic rings. The summed E-state index contributed by atoms with van der Waals surface area (Å²) in [5.74, 6) is -0.0667. The zero-order valence-corrected chi connectivity index (χ0v) is 20.3. The summed E-state index contributed by atoms with van der Waals surface area (Å²) in [5, 5.41) is 2.88. The van der Waals surface area contributed by atoms with Crippen LogP contribution in [0.4, 0.5) is 4.79 Å². The van der Waals surface area contributed by atoms with Crippen molar-refractivity contribution in [3.05, 3.63) is 29.8 Å². The number of hydrogen-bond donors (Lipinski definition) is 1. The molecule has 9 heteroatoms. The minimum absolute atomic E-state index is 0.00426. The number of alkyl carbamates (subject to hydrolysis) is 1. The van der Waals surface area contributed by atoms with Crippen molar-refractivity contribution in [3.63, 3.8) is 0 Å². The molecular formula is C23H35N3O5S. The molecule has 2 saturated heterocycles. The zero-order valence-electron chi connectivity index (χ0n) is 19.5. The van der Waals surface area contributed by atoms with Gasteiger partial charge in [0.2, 0.25) is 15.9 Å². The highest BCUT2D eigenvalue weighted by atomic mass is 32.2. The van der Waals surface area contributed by atoms with Crippen molar-refractivity contribution >= 4 is 22.0 Å². The van der Waals surface area contributed by atoms with Crippen LogP contribution in [-0.4, -0.2) is 67.4 Å². The van der Waals surface area contributed by atoms with Crippen molar-refractivity contribution in [1.82, 2.24) is 14.5 Å². The van der Waals surface area contributed by atoms with Crippen molar-refractivity contribution in [3.8, 4) is 0 Å². The van der Waals surface area contributed by atoms with Gasteiger partial charge in [0.15, 0.2) is 0 Å². The number of piperidine rings is 2. The lowest BCUT2D eigenvalue weighted by molar-refractivity contribution is -0.137. The van der Waals surface area contributed by atoms with E-state index in [4.69, 9.17) is 4.74 Å². The third-order valence-electron chi connectivity index (χ3n) is 5.99. The molecule has 178 valence electrons. The lowest BCUT2D eigenvalue weighted by Crippen LogP contribution is -2.50. The van der Waals surface area contributed by atoms with Crippen LogP contribution in [-0.2, 0) is 19.6 Å². The van der Waals surface area contributed by atoms with Crippen molar-refractivity contribution in [2.45, 2.75) is 69.9 Å². The Hall–Kier alpha value is -2.13. The lowest BCUT2D eigenvalue weighted by Gasteiger charge is -2.37. The molecule has 8 nitrogen and oxygen atoms in total. The second-order valence-electron chi connectivity index (χ2n) is 9.74. The average molecular weight is 466 g/mol. The summed E-state index contributed by atoms with van der Waals surface area (Å²) in [4.78, 5) is 27.1. The zero-order chi connectivity index (χ0) is 23.5. The van der Waals surface area contributed by atoms with E-state index in [-0.39, 0.29) is 17.9 Å². The second kappa shape index (κ2) is 9.79. The SMILES string of the molecule is Cc1ccc(S(=O)(=O)N2CCC(C(=O)N3CCC(NC(=O)OC(C)(C)C)CC3)CC2)cc1. The first-order chi connectivity index (χ1) is 15.0. The summed E-state index contributed by atoms with van der Waals surface area (Å²) in [7, 11) is -3.53. The van der Waals surface area contributed by atoms with Gasteiger partial charge in [0.05, 0.1) is 4.90 Å². The van der Waals surface area contributed by atoms with Gasteiger partial charge in [-0.1, -0.05) is 17.7 Å². The van der Waals surface area contributed by atoms with E-state index in [1.165, 1.54) is 4.31 Å². The van der Waals surface area contributed by atoms with Crippen LogP contribution in [0.2, 0.25) is 0 Å². The predicted molar refractivity (Wildman–Crippen MR) is 122 cm³/mol. The fourth-order valence-corrected chi connectivity index (χ4v) is 5.65. The van der Waals surface area contributed by atoms with Gasteiger partial charge in [-0.25, -0.2) is 13.2 Å². The number of rotatable bonds is 4. The van der Waals surface area contributed by atoms with E-state index in [1.807, 2.05) is 32.6 Å². The number of nitrogens with zero attached hydrogens (tertiary/aromatic N) is 2. The molecule has 1 N–H and O–H groups in total. The molecular weight excluding hydrogens is 430 g/mol. The summed E-state index contributed by atoms with van der Waals surface area (Å²) >= 11 is 0. The Morgan fingerprint density at radius 2 is 1.53 bits per heavy atom. The van der Waals surface area contributed by atoms with Gasteiger partial charge < -0.3 is 15.0 Å². The molecule has 1 aromatic carbocycles. The topological polar surface area (TPSA) is 96.0 Å². The van der Waals surface area contributed by atoms with E-state index in [0.717, 1.165) is 5.56 Å². The molecule has 0 unspecified atom stereocenters. The lowest BCUT2D eigenvalue weighted by atomic mass is 9.95. The number of sulfonamides is 1. The van der Waals surface area contributed by atoms with Crippen LogP contribution < -0.4 is 5.32 Å². The van der Waals surface area contributed by atoms with Gasteiger partial charge >= 0.3 is 6.09 Å². The van der Waals surface area contributed by atoms with E-state index < -0.39 is 21.7 Å². The molecule has 0 aromatic heterocycles. The highest BCUT2D eigenvalue weighted by molar-refractivity contribution is 7.89. The molecule has 0 saturated carbocycles. The van der Waals surface area contributed by atoms with Gasteiger partial charge in [-0.2, -0.15) is 4.31 Å². The normalized spacial score (nSPS) is 19.6. The molecule has 2 heterocycles. The highest BCUT2D eigenvalue weighted by Gasteiger charge is 2.35. The fraction of sp³-hybridized carbons (Fsp3) is 0.652. The third kappa shape index (κ3) is 6.22. The van der Waals surface area contributed by atoms with E-state index in [2.05, 4.69) is 5.32 Å². The first-order valence-corrected chi connectivity index (χ1v) is 12.7. The summed E-state index contributed by atoms with van der Waals surface area (Å²) in [6.45, 7) is 9.26. The summed E-state index contributed by atoms with van der Waals surface area (Å²) < 4.78 is 32.5. The van der Waals surface area contributed by atoms with Crippen LogP contribution in [0, 0.1) is 12.8 Å². The Bertz CT molecular complexity index is 908. The molecule has 0 spiro atoms. The van der Waals surface area contributed by atoms with Crippen LogP contribution in [0.25, 0.3) is 0 Å². The standard InChI is InChI=1S/C23H35N3O5S/c1-17-5-7-20(8-6-17)32(29,30)26-15-9-18(10-16-26)21(27)25-13-11-19(12-14-25)24-22(28)31-23(2,3)4/h5-8,18-19H,9-16H2,1-4H3,(H,24,28). The van der Waals surface area contributed by atoms with Gasteiger partial charge in [0.25, 0.3) is 0 Å². The van der Waals surface area contributed by atoms with Crippen LogP contribution in [0.1, 0.15) is 52.0 Å². The number of benzene rings is 1. The molecule has 2 fully saturated rings. The quantitative estimate of drug-likeness (QED) is 0.738. The molecule has 0 bridgehead atoms. The minimum Gasteiger partial charge on any atom is -0.444 e. The molecule has 32 heavy (non-hydrogen) atoms. The Balaban J connectivity index is 1.47. The Labute approximate surface area is 191 Å². The van der Waals surface area contributed by atoms with Gasteiger partial charge in [-0.3, -0.25) is 4.79 Å². The monoisotopic (exact) mass is 465 g/mol. The summed E-state index contributed by atoms with van der Waals surface area (Å²) in [5.41, 5.74) is 0.473. The molecule has 0 radical (unpaired) electrons. The molecule has 0 aliphatic carbocycles. The number of likely N-dealkylation sites (tertiary alicyclic amines) is 1. The molecule has 3 rings (SSSR count). The number of amides is 2. The first-order valence-electron chi connectivity index (χ1n) is 11.3. The largest absolute Gasteiger partial charge is 0.444 e. The number of carbonyl (C=O) groups excluding carboxylic acids is 2.